The van der Waals surface area contributed by atoms with Gasteiger partial charge in [0.25, 0.3) is 0 Å². The largest absolute Gasteiger partial charge is 0.504 e. The Bertz CT molecular complexity index is 730. The summed E-state index contributed by atoms with van der Waals surface area (Å²) in [4.78, 5) is 0. The molecule has 24 heavy (non-hydrogen) atoms. The first-order valence-corrected chi connectivity index (χ1v) is 9.59. The first kappa shape index (κ1) is 14.0. The van der Waals surface area contributed by atoms with Crippen molar-refractivity contribution in [3.8, 4) is 11.5 Å². The molecule has 0 radical (unpaired) electrons. The molecular weight excluding hydrogens is 302 g/mol. The van der Waals surface area contributed by atoms with Crippen molar-refractivity contribution in [1.82, 2.24) is 5.32 Å². The maximum atomic E-state index is 12.0. The molecule has 3 N–H and O–H groups in total. The molecule has 5 atom stereocenters. The van der Waals surface area contributed by atoms with Crippen molar-refractivity contribution in [2.45, 2.75) is 68.1 Å². The van der Waals surface area contributed by atoms with Gasteiger partial charge in [0.05, 0.1) is 11.0 Å². The fraction of sp³-hybridized carbons (Fsp3) is 0.700. The molecule has 1 aromatic rings. The Labute approximate surface area is 142 Å². The average molecular weight is 327 g/mol. The Balaban J connectivity index is 1.54. The van der Waals surface area contributed by atoms with Gasteiger partial charge >= 0.3 is 0 Å². The number of hydrogen-bond donors (Lipinski definition) is 3. The molecule has 4 nitrogen and oxygen atoms in total. The van der Waals surface area contributed by atoms with E-state index in [4.69, 9.17) is 4.74 Å². The van der Waals surface area contributed by atoms with Crippen molar-refractivity contribution in [2.24, 2.45) is 11.8 Å². The van der Waals surface area contributed by atoms with E-state index in [1.807, 2.05) is 6.07 Å². The van der Waals surface area contributed by atoms with Crippen LogP contribution in [0.3, 0.4) is 0 Å². The van der Waals surface area contributed by atoms with Gasteiger partial charge in [-0.1, -0.05) is 18.9 Å². The fourth-order valence-corrected chi connectivity index (χ4v) is 6.58. The Hall–Kier alpha value is -1.26. The molecule has 3 aliphatic carbocycles. The van der Waals surface area contributed by atoms with Crippen LogP contribution >= 0.6 is 0 Å². The number of rotatable bonds is 2. The lowest BCUT2D eigenvalue weighted by Crippen LogP contribution is -2.75. The van der Waals surface area contributed by atoms with Crippen LogP contribution in [0.5, 0.6) is 11.5 Å². The molecule has 6 rings (SSSR count). The zero-order chi connectivity index (χ0) is 16.1. The Morgan fingerprint density at radius 1 is 1.25 bits per heavy atom. The minimum atomic E-state index is -0.736. The molecule has 128 valence electrons. The SMILES string of the molecule is Oc1ccc2c3c1OC1CC(CC4CC4)C[C@@]4(O)[C@@H](C2)NCC[C@]314. The first-order valence-electron chi connectivity index (χ1n) is 9.59. The van der Waals surface area contributed by atoms with Crippen molar-refractivity contribution in [3.63, 3.8) is 0 Å². The highest BCUT2D eigenvalue weighted by atomic mass is 16.5. The summed E-state index contributed by atoms with van der Waals surface area (Å²) in [5, 5.41) is 26.0. The van der Waals surface area contributed by atoms with E-state index in [9.17, 15) is 10.2 Å². The fourth-order valence-electron chi connectivity index (χ4n) is 6.58. The number of hydrogen-bond acceptors (Lipinski definition) is 4. The molecule has 1 saturated heterocycles. The highest BCUT2D eigenvalue weighted by Gasteiger charge is 2.71. The number of benzene rings is 1. The summed E-state index contributed by atoms with van der Waals surface area (Å²) in [7, 11) is 0. The molecule has 1 spiro atoms. The Kier molecular flexibility index (Phi) is 2.49. The van der Waals surface area contributed by atoms with Crippen LogP contribution in [0.4, 0.5) is 0 Å². The summed E-state index contributed by atoms with van der Waals surface area (Å²) in [5.74, 6) is 2.33. The van der Waals surface area contributed by atoms with E-state index in [1.54, 1.807) is 6.07 Å². The molecule has 5 aliphatic rings. The van der Waals surface area contributed by atoms with Crippen molar-refractivity contribution in [1.29, 1.82) is 0 Å². The molecule has 3 fully saturated rings. The van der Waals surface area contributed by atoms with Gasteiger partial charge in [-0.05, 0) is 62.1 Å². The van der Waals surface area contributed by atoms with Gasteiger partial charge in [-0.15, -0.1) is 0 Å². The van der Waals surface area contributed by atoms with Crippen molar-refractivity contribution < 1.29 is 14.9 Å². The molecule has 2 unspecified atom stereocenters. The van der Waals surface area contributed by atoms with Crippen LogP contribution in [0.1, 0.15) is 49.7 Å². The lowest BCUT2D eigenvalue weighted by Gasteiger charge is -2.61. The molecule has 0 aromatic heterocycles. The Morgan fingerprint density at radius 2 is 2.12 bits per heavy atom. The third-order valence-electron chi connectivity index (χ3n) is 7.67. The second-order valence-electron chi connectivity index (χ2n) is 8.90. The molecule has 2 saturated carbocycles. The quantitative estimate of drug-likeness (QED) is 0.780. The summed E-state index contributed by atoms with van der Waals surface area (Å²) >= 11 is 0. The minimum Gasteiger partial charge on any atom is -0.504 e. The van der Waals surface area contributed by atoms with Gasteiger partial charge in [0, 0.05) is 11.6 Å². The summed E-state index contributed by atoms with van der Waals surface area (Å²) < 4.78 is 6.37. The zero-order valence-electron chi connectivity index (χ0n) is 13.9. The van der Waals surface area contributed by atoms with Crippen LogP contribution in [-0.4, -0.2) is 34.5 Å². The Morgan fingerprint density at radius 3 is 2.96 bits per heavy atom. The third-order valence-corrected chi connectivity index (χ3v) is 7.67. The van der Waals surface area contributed by atoms with E-state index in [1.165, 1.54) is 24.8 Å². The maximum absolute atomic E-state index is 12.0. The number of piperidine rings is 1. The minimum absolute atomic E-state index is 0.0203. The molecule has 0 amide bonds. The number of aromatic hydroxyl groups is 1. The predicted molar refractivity (Wildman–Crippen MR) is 89.3 cm³/mol. The van der Waals surface area contributed by atoms with E-state index in [0.717, 1.165) is 43.7 Å². The van der Waals surface area contributed by atoms with E-state index in [2.05, 4.69) is 5.32 Å². The molecule has 4 heteroatoms. The highest BCUT2D eigenvalue weighted by molar-refractivity contribution is 5.62. The van der Waals surface area contributed by atoms with E-state index in [0.29, 0.717) is 11.7 Å². The third kappa shape index (κ3) is 1.49. The summed E-state index contributed by atoms with van der Waals surface area (Å²) in [6, 6.07) is 3.92. The molecule has 2 bridgehead atoms. The second-order valence-corrected chi connectivity index (χ2v) is 8.90. The van der Waals surface area contributed by atoms with Gasteiger partial charge in [0.15, 0.2) is 11.5 Å². The smallest absolute Gasteiger partial charge is 0.165 e. The topological polar surface area (TPSA) is 61.7 Å². The van der Waals surface area contributed by atoms with Crippen LogP contribution in [0.25, 0.3) is 0 Å². The van der Waals surface area contributed by atoms with Crippen LogP contribution in [-0.2, 0) is 11.8 Å². The van der Waals surface area contributed by atoms with Crippen LogP contribution < -0.4 is 10.1 Å². The van der Waals surface area contributed by atoms with Crippen molar-refractivity contribution >= 4 is 0 Å². The summed E-state index contributed by atoms with van der Waals surface area (Å²) in [6.07, 6.45) is 7.63. The lowest BCUT2D eigenvalue weighted by molar-refractivity contribution is -0.164. The van der Waals surface area contributed by atoms with Crippen LogP contribution in [0, 0.1) is 11.8 Å². The molecule has 2 aliphatic heterocycles. The van der Waals surface area contributed by atoms with Crippen molar-refractivity contribution in [2.75, 3.05) is 6.54 Å². The van der Waals surface area contributed by atoms with Gasteiger partial charge in [0.2, 0.25) is 0 Å². The van der Waals surface area contributed by atoms with E-state index < -0.39 is 5.60 Å². The molecule has 1 aromatic carbocycles. The van der Waals surface area contributed by atoms with Gasteiger partial charge in [-0.3, -0.25) is 0 Å². The molecular formula is C20H25NO3. The predicted octanol–water partition coefficient (Wildman–Crippen LogP) is 2.25. The van der Waals surface area contributed by atoms with Gasteiger partial charge in [-0.2, -0.15) is 0 Å². The molecule has 2 heterocycles. The maximum Gasteiger partial charge on any atom is 0.165 e. The van der Waals surface area contributed by atoms with E-state index >= 15 is 0 Å². The lowest BCUT2D eigenvalue weighted by atomic mass is 9.48. The van der Waals surface area contributed by atoms with Gasteiger partial charge in [0.1, 0.15) is 6.10 Å². The van der Waals surface area contributed by atoms with Gasteiger partial charge < -0.3 is 20.3 Å². The number of nitrogens with one attached hydrogen (secondary N) is 1. The van der Waals surface area contributed by atoms with Crippen molar-refractivity contribution in [3.05, 3.63) is 23.3 Å². The highest BCUT2D eigenvalue weighted by Crippen LogP contribution is 2.65. The number of aliphatic hydroxyl groups is 1. The van der Waals surface area contributed by atoms with Crippen LogP contribution in [0.2, 0.25) is 0 Å². The average Bonchev–Trinajstić information content (AvgIpc) is 3.27. The number of phenolic OH excluding ortho intramolecular Hbond substituents is 1. The first-order chi connectivity index (χ1) is 11.6. The zero-order valence-corrected chi connectivity index (χ0v) is 13.9. The van der Waals surface area contributed by atoms with Gasteiger partial charge in [-0.25, -0.2) is 0 Å². The number of phenols is 1. The second kappa shape index (κ2) is 4.28. The monoisotopic (exact) mass is 327 g/mol. The summed E-state index contributed by atoms with van der Waals surface area (Å²) in [6.45, 7) is 0.925. The standard InChI is InChI=1S/C20H25NO3/c22-14-4-3-13-9-15-20(23)10-12(7-11-1-2-11)8-16-19(20,5-6-21-15)17(13)18(14)24-16/h3-4,11-12,15-16,21-23H,1-2,5-10H2/t12?,15-,16?,19-,20-/m1/s1. The summed E-state index contributed by atoms with van der Waals surface area (Å²) in [5.41, 5.74) is 1.34. The normalized spacial score (nSPS) is 44.8. The number of ether oxygens (including phenoxy) is 1. The van der Waals surface area contributed by atoms with E-state index in [-0.39, 0.29) is 23.3 Å². The van der Waals surface area contributed by atoms with Crippen LogP contribution in [0.15, 0.2) is 12.1 Å².